The van der Waals surface area contributed by atoms with Gasteiger partial charge in [-0.25, -0.2) is 4.98 Å². The Hall–Kier alpha value is -2.49. The third-order valence-electron chi connectivity index (χ3n) is 4.98. The number of pyridine rings is 1. The maximum Gasteiger partial charge on any atom is 0.267 e. The van der Waals surface area contributed by atoms with Gasteiger partial charge in [-0.1, -0.05) is 36.1 Å². The lowest BCUT2D eigenvalue weighted by Gasteiger charge is -2.18. The monoisotopic (exact) mass is 442 g/mol. The smallest absolute Gasteiger partial charge is 0.267 e. The molecule has 2 saturated heterocycles. The van der Waals surface area contributed by atoms with Crippen molar-refractivity contribution >= 4 is 51.7 Å². The summed E-state index contributed by atoms with van der Waals surface area (Å²) in [5.74, 6) is 0.206. The standard InChI is InChI=1S/C21H22N4O3S2/c1-3-8-22-18-15(19(26)24-11-13(2)6-7-17(24)23-18)10-16-20(27)25(21(29)30-16)12-14-5-4-9-28-14/h3,6-7,10-11,14,22H,1,4-5,8-9,12H2,2H3/b16-10-. The van der Waals surface area contributed by atoms with E-state index in [0.717, 1.165) is 18.4 Å². The molecule has 2 aliphatic rings. The summed E-state index contributed by atoms with van der Waals surface area (Å²) >= 11 is 6.62. The summed E-state index contributed by atoms with van der Waals surface area (Å²) in [6.45, 7) is 7.21. The molecule has 1 amide bonds. The Morgan fingerprint density at radius 3 is 3.00 bits per heavy atom. The number of thiocarbonyl (C=S) groups is 1. The molecule has 0 spiro atoms. The number of aromatic nitrogens is 2. The lowest BCUT2D eigenvalue weighted by molar-refractivity contribution is -0.123. The molecule has 1 unspecified atom stereocenters. The van der Waals surface area contributed by atoms with Crippen LogP contribution in [0.4, 0.5) is 5.82 Å². The van der Waals surface area contributed by atoms with Gasteiger partial charge in [0.05, 0.1) is 23.1 Å². The van der Waals surface area contributed by atoms with Crippen LogP contribution in [-0.2, 0) is 9.53 Å². The number of hydrogen-bond acceptors (Lipinski definition) is 7. The Morgan fingerprint density at radius 2 is 2.27 bits per heavy atom. The zero-order valence-electron chi connectivity index (χ0n) is 16.6. The molecule has 0 bridgehead atoms. The van der Waals surface area contributed by atoms with Crippen LogP contribution in [0.1, 0.15) is 24.0 Å². The van der Waals surface area contributed by atoms with Gasteiger partial charge in [0, 0.05) is 19.3 Å². The number of anilines is 1. The summed E-state index contributed by atoms with van der Waals surface area (Å²) in [5.41, 5.74) is 1.53. The van der Waals surface area contributed by atoms with Crippen molar-refractivity contribution in [1.29, 1.82) is 0 Å². The molecule has 30 heavy (non-hydrogen) atoms. The molecule has 1 N–H and O–H groups in total. The van der Waals surface area contributed by atoms with Gasteiger partial charge in [0.1, 0.15) is 15.8 Å². The minimum atomic E-state index is -0.250. The fourth-order valence-electron chi connectivity index (χ4n) is 3.47. The number of aryl methyl sites for hydroxylation is 1. The predicted octanol–water partition coefficient (Wildman–Crippen LogP) is 2.98. The van der Waals surface area contributed by atoms with Crippen molar-refractivity contribution < 1.29 is 9.53 Å². The number of nitrogens with one attached hydrogen (secondary N) is 1. The molecule has 0 saturated carbocycles. The number of rotatable bonds is 6. The number of hydrogen-bond donors (Lipinski definition) is 1. The number of amides is 1. The molecule has 9 heteroatoms. The maximum absolute atomic E-state index is 13.2. The van der Waals surface area contributed by atoms with E-state index in [1.165, 1.54) is 16.2 Å². The van der Waals surface area contributed by atoms with Gasteiger partial charge in [0.2, 0.25) is 0 Å². The predicted molar refractivity (Wildman–Crippen MR) is 124 cm³/mol. The SMILES string of the molecule is C=CCNc1nc2ccc(C)cn2c(=O)c1/C=C1\SC(=S)N(CC2CCCO2)C1=O. The highest BCUT2D eigenvalue weighted by Crippen LogP contribution is 2.34. The molecule has 1 atom stereocenters. The van der Waals surface area contributed by atoms with Crippen molar-refractivity contribution in [3.63, 3.8) is 0 Å². The van der Waals surface area contributed by atoms with Gasteiger partial charge in [0.15, 0.2) is 0 Å². The van der Waals surface area contributed by atoms with E-state index in [-0.39, 0.29) is 17.6 Å². The van der Waals surface area contributed by atoms with Gasteiger partial charge in [0.25, 0.3) is 11.5 Å². The Balaban J connectivity index is 1.74. The van der Waals surface area contributed by atoms with E-state index in [1.54, 1.807) is 29.3 Å². The number of carbonyl (C=O) groups is 1. The average molecular weight is 443 g/mol. The fraction of sp³-hybridized carbons (Fsp3) is 0.333. The maximum atomic E-state index is 13.2. The number of fused-ring (bicyclic) bond motifs is 1. The molecule has 2 fully saturated rings. The molecule has 0 aromatic carbocycles. The molecule has 2 aromatic heterocycles. The summed E-state index contributed by atoms with van der Waals surface area (Å²) in [4.78, 5) is 32.8. The van der Waals surface area contributed by atoms with Crippen LogP contribution in [0.15, 0.2) is 40.7 Å². The van der Waals surface area contributed by atoms with Crippen molar-refractivity contribution in [2.75, 3.05) is 25.0 Å². The zero-order chi connectivity index (χ0) is 21.3. The van der Waals surface area contributed by atoms with E-state index in [2.05, 4.69) is 16.9 Å². The van der Waals surface area contributed by atoms with Crippen molar-refractivity contribution in [2.24, 2.45) is 0 Å². The molecular formula is C21H22N4O3S2. The van der Waals surface area contributed by atoms with Crippen LogP contribution in [-0.4, -0.2) is 50.3 Å². The van der Waals surface area contributed by atoms with Gasteiger partial charge in [-0.3, -0.25) is 18.9 Å². The van der Waals surface area contributed by atoms with Gasteiger partial charge < -0.3 is 10.1 Å². The Kier molecular flexibility index (Phi) is 6.03. The average Bonchev–Trinajstić information content (AvgIpc) is 3.33. The molecule has 4 heterocycles. The lowest BCUT2D eigenvalue weighted by atomic mass is 10.2. The zero-order valence-corrected chi connectivity index (χ0v) is 18.2. The third kappa shape index (κ3) is 4.05. The van der Waals surface area contributed by atoms with E-state index in [4.69, 9.17) is 17.0 Å². The third-order valence-corrected chi connectivity index (χ3v) is 6.36. The quantitative estimate of drug-likeness (QED) is 0.419. The van der Waals surface area contributed by atoms with Crippen LogP contribution in [0.2, 0.25) is 0 Å². The first-order valence-corrected chi connectivity index (χ1v) is 10.9. The second kappa shape index (κ2) is 8.71. The van der Waals surface area contributed by atoms with Crippen LogP contribution >= 0.6 is 24.0 Å². The number of carbonyl (C=O) groups excluding carboxylic acids is 1. The summed E-state index contributed by atoms with van der Waals surface area (Å²) in [5, 5.41) is 3.11. The van der Waals surface area contributed by atoms with Crippen molar-refractivity contribution in [1.82, 2.24) is 14.3 Å². The molecule has 0 aliphatic carbocycles. The Bertz CT molecular complexity index is 1120. The van der Waals surface area contributed by atoms with Gasteiger partial charge in [-0.15, -0.1) is 6.58 Å². The van der Waals surface area contributed by atoms with Crippen molar-refractivity contribution in [2.45, 2.75) is 25.9 Å². The molecule has 2 aromatic rings. The highest BCUT2D eigenvalue weighted by atomic mass is 32.2. The normalized spacial score (nSPS) is 20.5. The first kappa shape index (κ1) is 20.8. The number of ether oxygens (including phenoxy) is 1. The second-order valence-corrected chi connectivity index (χ2v) is 8.89. The van der Waals surface area contributed by atoms with Crippen LogP contribution in [0.3, 0.4) is 0 Å². The van der Waals surface area contributed by atoms with Crippen LogP contribution in [0.5, 0.6) is 0 Å². The molecule has 4 rings (SSSR count). The lowest BCUT2D eigenvalue weighted by Crippen LogP contribution is -2.35. The summed E-state index contributed by atoms with van der Waals surface area (Å²) in [7, 11) is 0. The summed E-state index contributed by atoms with van der Waals surface area (Å²) < 4.78 is 7.61. The minimum absolute atomic E-state index is 0.00704. The molecule has 0 radical (unpaired) electrons. The molecule has 7 nitrogen and oxygen atoms in total. The summed E-state index contributed by atoms with van der Waals surface area (Å²) in [6, 6.07) is 3.69. The van der Waals surface area contributed by atoms with Gasteiger partial charge in [-0.05, 0) is 37.5 Å². The van der Waals surface area contributed by atoms with E-state index < -0.39 is 0 Å². The van der Waals surface area contributed by atoms with Crippen molar-refractivity contribution in [3.8, 4) is 0 Å². The van der Waals surface area contributed by atoms with E-state index >= 15 is 0 Å². The minimum Gasteiger partial charge on any atom is -0.376 e. The van der Waals surface area contributed by atoms with Gasteiger partial charge in [-0.2, -0.15) is 0 Å². The fourth-order valence-corrected chi connectivity index (χ4v) is 4.73. The van der Waals surface area contributed by atoms with Crippen LogP contribution < -0.4 is 10.9 Å². The highest BCUT2D eigenvalue weighted by Gasteiger charge is 2.35. The summed E-state index contributed by atoms with van der Waals surface area (Å²) in [6.07, 6.45) is 6.93. The van der Waals surface area contributed by atoms with Crippen LogP contribution in [0, 0.1) is 6.92 Å². The molecule has 156 valence electrons. The van der Waals surface area contributed by atoms with E-state index in [9.17, 15) is 9.59 Å². The largest absolute Gasteiger partial charge is 0.376 e. The molecular weight excluding hydrogens is 420 g/mol. The van der Waals surface area contributed by atoms with Crippen LogP contribution in [0.25, 0.3) is 11.7 Å². The molecule has 2 aliphatic heterocycles. The number of thioether (sulfide) groups is 1. The topological polar surface area (TPSA) is 75.9 Å². The first-order valence-electron chi connectivity index (χ1n) is 9.72. The van der Waals surface area contributed by atoms with E-state index in [1.807, 2.05) is 13.0 Å². The van der Waals surface area contributed by atoms with Gasteiger partial charge >= 0.3 is 0 Å². The Labute approximate surface area is 183 Å². The van der Waals surface area contributed by atoms with E-state index in [0.29, 0.717) is 46.0 Å². The number of nitrogens with zero attached hydrogens (tertiary/aromatic N) is 3. The highest BCUT2D eigenvalue weighted by molar-refractivity contribution is 8.26. The first-order chi connectivity index (χ1) is 14.5. The Morgan fingerprint density at radius 1 is 1.43 bits per heavy atom. The second-order valence-electron chi connectivity index (χ2n) is 7.21. The van der Waals surface area contributed by atoms with Crippen molar-refractivity contribution in [3.05, 3.63) is 57.4 Å².